The molecule has 0 saturated carbocycles. The van der Waals surface area contributed by atoms with Gasteiger partial charge in [-0.2, -0.15) is 4.73 Å². The van der Waals surface area contributed by atoms with Crippen LogP contribution in [0.15, 0.2) is 78.0 Å². The fourth-order valence-corrected chi connectivity index (χ4v) is 4.94. The summed E-state index contributed by atoms with van der Waals surface area (Å²) in [5, 5.41) is 24.6. The standard InChI is InChI=1S/C26H25Cl3N2O5S/c27-26(28,29)25(33)30-14-17-4-10-20(11-5-17)24-35-21(16-37-23-3-1-2-12-31(23)34)13-22(36-24)19-8-6-18(15-32)7-9-19/h1-12,21-22,24,32H,13-16H2,(H,30,33)/t21-,22+,24+/m1/s1. The molecule has 37 heavy (non-hydrogen) atoms. The number of ether oxygens (including phenoxy) is 2. The normalized spacial score (nSPS) is 19.9. The molecule has 7 nitrogen and oxygen atoms in total. The van der Waals surface area contributed by atoms with Gasteiger partial charge in [0.1, 0.15) is 0 Å². The number of benzene rings is 2. The van der Waals surface area contributed by atoms with Crippen LogP contribution < -0.4 is 10.0 Å². The van der Waals surface area contributed by atoms with Gasteiger partial charge in [-0.1, -0.05) is 95.1 Å². The van der Waals surface area contributed by atoms with E-state index in [1.807, 2.05) is 54.6 Å². The molecule has 3 atom stereocenters. The fraction of sp³-hybridized carbons (Fsp3) is 0.308. The Balaban J connectivity index is 1.48. The van der Waals surface area contributed by atoms with Crippen LogP contribution in [0, 0.1) is 5.21 Å². The van der Waals surface area contributed by atoms with E-state index in [1.54, 1.807) is 12.1 Å². The van der Waals surface area contributed by atoms with E-state index in [9.17, 15) is 15.1 Å². The van der Waals surface area contributed by atoms with Gasteiger partial charge >= 0.3 is 0 Å². The van der Waals surface area contributed by atoms with Crippen molar-refractivity contribution < 1.29 is 24.1 Å². The minimum Gasteiger partial charge on any atom is -0.618 e. The Hall–Kier alpha value is -2.04. The maximum Gasteiger partial charge on any atom is 0.272 e. The number of nitrogens with zero attached hydrogens (tertiary/aromatic N) is 1. The lowest BCUT2D eigenvalue weighted by Gasteiger charge is -2.36. The molecular formula is C26H25Cl3N2O5S. The topological polar surface area (TPSA) is 94.7 Å². The highest BCUT2D eigenvalue weighted by Crippen LogP contribution is 2.39. The van der Waals surface area contributed by atoms with Crippen LogP contribution in [0.3, 0.4) is 0 Å². The number of amides is 1. The summed E-state index contributed by atoms with van der Waals surface area (Å²) in [5.74, 6) is -0.132. The molecule has 1 amide bonds. The SMILES string of the molecule is O=C(NCc1ccc([C@H]2O[C@@H](CSc3cccc[n+]3[O-])C[C@@H](c3ccc(CO)cc3)O2)cc1)C(Cl)(Cl)Cl. The van der Waals surface area contributed by atoms with Gasteiger partial charge in [0.2, 0.25) is 0 Å². The summed E-state index contributed by atoms with van der Waals surface area (Å²) in [6.45, 7) is 0.169. The van der Waals surface area contributed by atoms with Gasteiger partial charge < -0.3 is 25.1 Å². The van der Waals surface area contributed by atoms with Crippen LogP contribution in [0.25, 0.3) is 0 Å². The smallest absolute Gasteiger partial charge is 0.272 e. The molecule has 1 aliphatic heterocycles. The largest absolute Gasteiger partial charge is 0.618 e. The molecule has 3 aromatic rings. The lowest BCUT2D eigenvalue weighted by Crippen LogP contribution is -2.34. The third kappa shape index (κ3) is 7.74. The Morgan fingerprint density at radius 2 is 1.70 bits per heavy atom. The van der Waals surface area contributed by atoms with Crippen LogP contribution in [0.1, 0.15) is 41.1 Å². The summed E-state index contributed by atoms with van der Waals surface area (Å²) >= 11 is 18.2. The van der Waals surface area contributed by atoms with Crippen LogP contribution >= 0.6 is 46.6 Å². The Morgan fingerprint density at radius 1 is 1.03 bits per heavy atom. The summed E-state index contributed by atoms with van der Waals surface area (Å²) in [5.41, 5.74) is 3.42. The molecule has 0 unspecified atom stereocenters. The number of thioether (sulfide) groups is 1. The maximum atomic E-state index is 12.1. The predicted octanol–water partition coefficient (Wildman–Crippen LogP) is 5.14. The van der Waals surface area contributed by atoms with Gasteiger partial charge in [-0.15, -0.1) is 0 Å². The first-order valence-electron chi connectivity index (χ1n) is 11.5. The van der Waals surface area contributed by atoms with Crippen molar-refractivity contribution in [3.8, 4) is 0 Å². The molecule has 2 N–H and O–H groups in total. The number of pyridine rings is 1. The van der Waals surface area contributed by atoms with Crippen molar-refractivity contribution in [3.05, 3.63) is 100 Å². The maximum absolute atomic E-state index is 12.1. The quantitative estimate of drug-likeness (QED) is 0.165. The number of aliphatic hydroxyl groups excluding tert-OH is 1. The van der Waals surface area contributed by atoms with Gasteiger partial charge in [0, 0.05) is 36.4 Å². The van der Waals surface area contributed by atoms with E-state index in [0.717, 1.165) is 27.0 Å². The molecule has 196 valence electrons. The molecule has 0 aliphatic carbocycles. The highest BCUT2D eigenvalue weighted by molar-refractivity contribution is 7.99. The van der Waals surface area contributed by atoms with E-state index in [-0.39, 0.29) is 25.4 Å². The van der Waals surface area contributed by atoms with E-state index in [1.165, 1.54) is 18.0 Å². The number of carbonyl (C=O) groups is 1. The molecule has 2 aromatic carbocycles. The summed E-state index contributed by atoms with van der Waals surface area (Å²) in [7, 11) is 0. The van der Waals surface area contributed by atoms with Crippen molar-refractivity contribution in [1.82, 2.24) is 5.32 Å². The Morgan fingerprint density at radius 3 is 2.35 bits per heavy atom. The number of carbonyl (C=O) groups excluding carboxylic acids is 1. The highest BCUT2D eigenvalue weighted by Gasteiger charge is 2.33. The average Bonchev–Trinajstić information content (AvgIpc) is 2.91. The molecule has 0 spiro atoms. The van der Waals surface area contributed by atoms with E-state index in [0.29, 0.717) is 17.2 Å². The number of alkyl halides is 3. The monoisotopic (exact) mass is 582 g/mol. The zero-order valence-corrected chi connectivity index (χ0v) is 22.6. The van der Waals surface area contributed by atoms with Gasteiger partial charge in [0.15, 0.2) is 12.5 Å². The highest BCUT2D eigenvalue weighted by atomic mass is 35.6. The van der Waals surface area contributed by atoms with Crippen molar-refractivity contribution in [2.75, 3.05) is 5.75 Å². The second-order valence-electron chi connectivity index (χ2n) is 8.45. The number of nitrogens with one attached hydrogen (secondary N) is 1. The van der Waals surface area contributed by atoms with E-state index in [2.05, 4.69) is 5.32 Å². The van der Waals surface area contributed by atoms with Gasteiger partial charge in [-0.25, -0.2) is 0 Å². The number of hydrogen-bond acceptors (Lipinski definition) is 6. The van der Waals surface area contributed by atoms with E-state index >= 15 is 0 Å². The number of aliphatic hydroxyl groups is 1. The first-order valence-corrected chi connectivity index (χ1v) is 13.6. The van der Waals surface area contributed by atoms with Crippen LogP contribution in [0.2, 0.25) is 0 Å². The van der Waals surface area contributed by atoms with Crippen LogP contribution in [-0.2, 0) is 27.4 Å². The molecular weight excluding hydrogens is 559 g/mol. The predicted molar refractivity (Wildman–Crippen MR) is 143 cm³/mol. The fourth-order valence-electron chi connectivity index (χ4n) is 3.80. The second kappa shape index (κ2) is 12.7. The number of hydrogen-bond donors (Lipinski definition) is 2. The molecule has 1 fully saturated rings. The minimum atomic E-state index is -2.02. The van der Waals surface area contributed by atoms with Gasteiger partial charge in [-0.05, 0) is 22.8 Å². The summed E-state index contributed by atoms with van der Waals surface area (Å²) in [4.78, 5) is 11.8. The molecule has 11 heteroatoms. The molecule has 4 rings (SSSR count). The Kier molecular flexibility index (Phi) is 9.58. The minimum absolute atomic E-state index is 0.0302. The summed E-state index contributed by atoms with van der Waals surface area (Å²) in [6, 6.07) is 20.4. The van der Waals surface area contributed by atoms with Crippen LogP contribution in [0.4, 0.5) is 0 Å². The summed E-state index contributed by atoms with van der Waals surface area (Å²) < 4.78 is 11.5. The third-order valence-electron chi connectivity index (χ3n) is 5.78. The summed E-state index contributed by atoms with van der Waals surface area (Å²) in [6.07, 6.45) is 1.01. The first kappa shape index (κ1) is 28.0. The van der Waals surface area contributed by atoms with E-state index in [4.69, 9.17) is 44.3 Å². The second-order valence-corrected chi connectivity index (χ2v) is 11.8. The van der Waals surface area contributed by atoms with Crippen molar-refractivity contribution in [2.45, 2.75) is 46.9 Å². The lowest BCUT2D eigenvalue weighted by molar-refractivity contribution is -0.645. The molecule has 0 bridgehead atoms. The zero-order valence-electron chi connectivity index (χ0n) is 19.6. The molecule has 2 heterocycles. The molecule has 1 aliphatic rings. The number of rotatable bonds is 8. The van der Waals surface area contributed by atoms with E-state index < -0.39 is 16.0 Å². The van der Waals surface area contributed by atoms with Gasteiger partial charge in [0.25, 0.3) is 14.7 Å². The lowest BCUT2D eigenvalue weighted by atomic mass is 10.0. The van der Waals surface area contributed by atoms with Crippen molar-refractivity contribution in [1.29, 1.82) is 0 Å². The van der Waals surface area contributed by atoms with Crippen molar-refractivity contribution in [2.24, 2.45) is 0 Å². The van der Waals surface area contributed by atoms with Crippen LogP contribution in [0.5, 0.6) is 0 Å². The molecule has 1 aromatic heterocycles. The third-order valence-corrected chi connectivity index (χ3v) is 7.45. The van der Waals surface area contributed by atoms with Gasteiger partial charge in [-0.3, -0.25) is 4.79 Å². The first-order chi connectivity index (χ1) is 17.7. The molecule has 1 saturated heterocycles. The molecule has 0 radical (unpaired) electrons. The zero-order chi connectivity index (χ0) is 26.4. The van der Waals surface area contributed by atoms with Crippen molar-refractivity contribution >= 4 is 52.5 Å². The van der Waals surface area contributed by atoms with Crippen LogP contribution in [-0.4, -0.2) is 26.7 Å². The average molecular weight is 584 g/mol. The van der Waals surface area contributed by atoms with Crippen molar-refractivity contribution in [3.63, 3.8) is 0 Å². The Labute approximate surface area is 234 Å². The Bertz CT molecular complexity index is 1190. The number of aromatic nitrogens is 1. The number of halogens is 3. The van der Waals surface area contributed by atoms with Gasteiger partial charge in [0.05, 0.1) is 18.8 Å².